The Morgan fingerprint density at radius 1 is 1.08 bits per heavy atom. The van der Waals surface area contributed by atoms with Crippen molar-refractivity contribution in [3.63, 3.8) is 0 Å². The zero-order chi connectivity index (χ0) is 8.39. The summed E-state index contributed by atoms with van der Waals surface area (Å²) in [7, 11) is 2.27. The van der Waals surface area contributed by atoms with Crippen LogP contribution in [0.4, 0.5) is 0 Å². The van der Waals surface area contributed by atoms with Crippen LogP contribution in [-0.4, -0.2) is 49.1 Å². The van der Waals surface area contributed by atoms with E-state index in [0.717, 1.165) is 6.04 Å². The Bertz CT molecular complexity index is 141. The molecule has 0 aromatic heterocycles. The predicted octanol–water partition coefficient (Wildman–Crippen LogP) is 1.18. The molecule has 0 amide bonds. The van der Waals surface area contributed by atoms with Crippen molar-refractivity contribution in [1.82, 2.24) is 9.80 Å². The average molecular weight is 168 g/mol. The van der Waals surface area contributed by atoms with Crippen molar-refractivity contribution in [2.75, 3.05) is 33.2 Å². The van der Waals surface area contributed by atoms with Crippen LogP contribution in [-0.2, 0) is 0 Å². The van der Waals surface area contributed by atoms with Gasteiger partial charge in [-0.15, -0.1) is 0 Å². The molecule has 70 valence electrons. The summed E-state index contributed by atoms with van der Waals surface area (Å²) >= 11 is 0. The number of nitrogens with zero attached hydrogens (tertiary/aromatic N) is 2. The fraction of sp³-hybridized carbons (Fsp3) is 1.00. The highest BCUT2D eigenvalue weighted by atomic mass is 15.2. The van der Waals surface area contributed by atoms with Gasteiger partial charge in [-0.05, 0) is 52.4 Å². The van der Waals surface area contributed by atoms with Crippen molar-refractivity contribution < 1.29 is 0 Å². The summed E-state index contributed by atoms with van der Waals surface area (Å²) in [4.78, 5) is 5.16. The second-order valence-electron chi connectivity index (χ2n) is 4.28. The summed E-state index contributed by atoms with van der Waals surface area (Å²) < 4.78 is 0. The molecule has 1 atom stereocenters. The maximum atomic E-state index is 2.63. The Balaban J connectivity index is 1.77. The van der Waals surface area contributed by atoms with E-state index in [-0.39, 0.29) is 0 Å². The van der Waals surface area contributed by atoms with Crippen molar-refractivity contribution in [2.24, 2.45) is 0 Å². The zero-order valence-corrected chi connectivity index (χ0v) is 8.13. The molecule has 0 spiro atoms. The summed E-state index contributed by atoms with van der Waals surface area (Å²) in [6, 6.07) is 0.864. The summed E-state index contributed by atoms with van der Waals surface area (Å²) in [6.07, 6.45) is 5.69. The maximum Gasteiger partial charge on any atom is 0.0220 e. The number of rotatable bonds is 2. The van der Waals surface area contributed by atoms with Crippen molar-refractivity contribution in [3.8, 4) is 0 Å². The molecular formula is C10H20N2. The maximum absolute atomic E-state index is 2.63. The minimum absolute atomic E-state index is 0.864. The molecule has 0 bridgehead atoms. The minimum atomic E-state index is 0.864. The predicted molar refractivity (Wildman–Crippen MR) is 51.3 cm³/mol. The van der Waals surface area contributed by atoms with Crippen LogP contribution in [0.15, 0.2) is 0 Å². The highest BCUT2D eigenvalue weighted by Gasteiger charge is 2.24. The monoisotopic (exact) mass is 168 g/mol. The van der Waals surface area contributed by atoms with E-state index in [4.69, 9.17) is 0 Å². The van der Waals surface area contributed by atoms with Crippen LogP contribution in [0.2, 0.25) is 0 Å². The number of likely N-dealkylation sites (N-methyl/N-ethyl adjacent to an activating group) is 1. The molecule has 12 heavy (non-hydrogen) atoms. The molecule has 0 saturated carbocycles. The van der Waals surface area contributed by atoms with E-state index in [9.17, 15) is 0 Å². The van der Waals surface area contributed by atoms with Crippen molar-refractivity contribution in [3.05, 3.63) is 0 Å². The van der Waals surface area contributed by atoms with Crippen LogP contribution >= 0.6 is 0 Å². The third-order valence-electron chi connectivity index (χ3n) is 3.34. The Kier molecular flexibility index (Phi) is 2.66. The Labute approximate surface area is 75.5 Å². The fourth-order valence-corrected chi connectivity index (χ4v) is 2.47. The third kappa shape index (κ3) is 1.80. The van der Waals surface area contributed by atoms with Gasteiger partial charge in [0.1, 0.15) is 0 Å². The summed E-state index contributed by atoms with van der Waals surface area (Å²) in [5, 5.41) is 0. The van der Waals surface area contributed by atoms with Crippen LogP contribution in [0.1, 0.15) is 25.7 Å². The molecule has 0 unspecified atom stereocenters. The summed E-state index contributed by atoms with van der Waals surface area (Å²) in [6.45, 7) is 5.35. The quantitative estimate of drug-likeness (QED) is 0.611. The van der Waals surface area contributed by atoms with E-state index in [0.29, 0.717) is 0 Å². The first kappa shape index (κ1) is 8.52. The molecule has 2 heterocycles. The van der Waals surface area contributed by atoms with Crippen LogP contribution in [0.25, 0.3) is 0 Å². The van der Waals surface area contributed by atoms with Crippen molar-refractivity contribution in [2.45, 2.75) is 31.7 Å². The highest BCUT2D eigenvalue weighted by molar-refractivity contribution is 4.81. The van der Waals surface area contributed by atoms with Gasteiger partial charge in [0.25, 0.3) is 0 Å². The molecule has 0 aromatic carbocycles. The van der Waals surface area contributed by atoms with Crippen molar-refractivity contribution >= 4 is 0 Å². The number of likely N-dealkylation sites (tertiary alicyclic amines) is 2. The van der Waals surface area contributed by atoms with E-state index >= 15 is 0 Å². The second-order valence-corrected chi connectivity index (χ2v) is 4.28. The molecule has 2 aliphatic heterocycles. The lowest BCUT2D eigenvalue weighted by Gasteiger charge is -2.24. The first-order valence-electron chi connectivity index (χ1n) is 5.29. The topological polar surface area (TPSA) is 6.48 Å². The zero-order valence-electron chi connectivity index (χ0n) is 8.13. The Morgan fingerprint density at radius 3 is 2.42 bits per heavy atom. The van der Waals surface area contributed by atoms with Gasteiger partial charge in [0.15, 0.2) is 0 Å². The lowest BCUT2D eigenvalue weighted by molar-refractivity contribution is 0.220. The smallest absolute Gasteiger partial charge is 0.0220 e. The van der Waals surface area contributed by atoms with E-state index in [2.05, 4.69) is 16.8 Å². The van der Waals surface area contributed by atoms with Crippen molar-refractivity contribution in [1.29, 1.82) is 0 Å². The SMILES string of the molecule is CN1CCC[C@H]1CN1CCCC1. The van der Waals surface area contributed by atoms with Crippen LogP contribution in [0.3, 0.4) is 0 Å². The molecule has 2 aliphatic rings. The van der Waals surface area contributed by atoms with Crippen LogP contribution in [0, 0.1) is 0 Å². The van der Waals surface area contributed by atoms with Gasteiger partial charge in [0.2, 0.25) is 0 Å². The first-order valence-corrected chi connectivity index (χ1v) is 5.29. The van der Waals surface area contributed by atoms with Crippen LogP contribution < -0.4 is 0 Å². The molecule has 0 aliphatic carbocycles. The Morgan fingerprint density at radius 2 is 1.83 bits per heavy atom. The van der Waals surface area contributed by atoms with Gasteiger partial charge in [0.05, 0.1) is 0 Å². The number of hydrogen-bond acceptors (Lipinski definition) is 2. The molecule has 2 saturated heterocycles. The second kappa shape index (κ2) is 3.75. The molecule has 2 nitrogen and oxygen atoms in total. The molecule has 2 rings (SSSR count). The molecule has 0 radical (unpaired) electrons. The minimum Gasteiger partial charge on any atom is -0.302 e. The van der Waals surface area contributed by atoms with Gasteiger partial charge >= 0.3 is 0 Å². The van der Waals surface area contributed by atoms with Gasteiger partial charge in [-0.1, -0.05) is 0 Å². The van der Waals surface area contributed by atoms with Gasteiger partial charge in [-0.2, -0.15) is 0 Å². The van der Waals surface area contributed by atoms with E-state index in [1.807, 2.05) is 0 Å². The van der Waals surface area contributed by atoms with Gasteiger partial charge in [0, 0.05) is 12.6 Å². The largest absolute Gasteiger partial charge is 0.302 e. The number of hydrogen-bond donors (Lipinski definition) is 0. The molecule has 2 fully saturated rings. The van der Waals surface area contributed by atoms with E-state index < -0.39 is 0 Å². The van der Waals surface area contributed by atoms with Gasteiger partial charge in [-0.3, -0.25) is 0 Å². The summed E-state index contributed by atoms with van der Waals surface area (Å²) in [5.74, 6) is 0. The molecule has 0 N–H and O–H groups in total. The van der Waals surface area contributed by atoms with E-state index in [1.54, 1.807) is 0 Å². The molecule has 0 aromatic rings. The molecule has 2 heteroatoms. The molecular weight excluding hydrogens is 148 g/mol. The lowest BCUT2D eigenvalue weighted by Crippen LogP contribution is -2.37. The van der Waals surface area contributed by atoms with Crippen LogP contribution in [0.5, 0.6) is 0 Å². The Hall–Kier alpha value is -0.0800. The van der Waals surface area contributed by atoms with Gasteiger partial charge < -0.3 is 9.80 Å². The summed E-state index contributed by atoms with van der Waals surface area (Å²) in [5.41, 5.74) is 0. The standard InChI is InChI=1S/C10H20N2/c1-11-6-4-5-10(11)9-12-7-2-3-8-12/h10H,2-9H2,1H3/t10-/m0/s1. The fourth-order valence-electron chi connectivity index (χ4n) is 2.47. The van der Waals surface area contributed by atoms with Gasteiger partial charge in [-0.25, -0.2) is 0 Å². The third-order valence-corrected chi connectivity index (χ3v) is 3.34. The highest BCUT2D eigenvalue weighted by Crippen LogP contribution is 2.18. The average Bonchev–Trinajstić information content (AvgIpc) is 2.65. The first-order chi connectivity index (χ1) is 5.86. The lowest BCUT2D eigenvalue weighted by atomic mass is 10.2. The normalized spacial score (nSPS) is 33.2. The van der Waals surface area contributed by atoms with E-state index in [1.165, 1.54) is 51.9 Å².